The van der Waals surface area contributed by atoms with Crippen LogP contribution in [0.2, 0.25) is 0 Å². The van der Waals surface area contributed by atoms with Crippen LogP contribution in [-0.2, 0) is 0 Å². The van der Waals surface area contributed by atoms with Gasteiger partial charge in [-0.2, -0.15) is 0 Å². The van der Waals surface area contributed by atoms with Crippen LogP contribution in [0.15, 0.2) is 42.6 Å². The molecular weight excluding hydrogens is 300 g/mol. The molecule has 0 atom stereocenters. The molecule has 2 rings (SSSR count). The van der Waals surface area contributed by atoms with E-state index >= 15 is 0 Å². The Labute approximate surface area is 90.8 Å². The molecule has 0 spiro atoms. The fourth-order valence-corrected chi connectivity index (χ4v) is 1.97. The molecule has 0 aliphatic heterocycles. The molecule has 2 aromatic rings. The van der Waals surface area contributed by atoms with Gasteiger partial charge in [-0.3, -0.25) is 4.79 Å². The Bertz CT molecular complexity index is 516. The molecule has 0 bridgehead atoms. The van der Waals surface area contributed by atoms with E-state index in [1.54, 1.807) is 6.07 Å². The van der Waals surface area contributed by atoms with Gasteiger partial charge in [0.2, 0.25) is 0 Å². The van der Waals surface area contributed by atoms with Crippen LogP contribution in [0.5, 0.6) is 0 Å². The van der Waals surface area contributed by atoms with Gasteiger partial charge < -0.3 is 4.42 Å². The molecule has 0 amide bonds. The monoisotopic (exact) mass is 302 g/mol. The van der Waals surface area contributed by atoms with E-state index in [0.29, 0.717) is 11.0 Å². The molecule has 0 saturated heterocycles. The highest BCUT2D eigenvalue weighted by Crippen LogP contribution is 2.28. The largest absolute Gasteiger partial charge is 0.464 e. The van der Waals surface area contributed by atoms with Crippen molar-refractivity contribution >= 4 is 42.8 Å². The van der Waals surface area contributed by atoms with Crippen LogP contribution >= 0.6 is 31.9 Å². The Morgan fingerprint density at radius 1 is 1.15 bits per heavy atom. The normalized spacial score (nSPS) is 10.6. The van der Waals surface area contributed by atoms with Gasteiger partial charge in [0.25, 0.3) is 0 Å². The maximum Gasteiger partial charge on any atom is 0.193 e. The average molecular weight is 304 g/mol. The number of hydrogen-bond donors (Lipinski definition) is 0. The topological polar surface area (TPSA) is 30.2 Å². The summed E-state index contributed by atoms with van der Waals surface area (Å²) in [7, 11) is 0. The van der Waals surface area contributed by atoms with Crippen LogP contribution in [0.25, 0.3) is 11.0 Å². The molecule has 1 aromatic heterocycles. The van der Waals surface area contributed by atoms with Crippen molar-refractivity contribution in [3.63, 3.8) is 0 Å². The molecule has 1 aromatic carbocycles. The fourth-order valence-electron chi connectivity index (χ4n) is 1.11. The zero-order chi connectivity index (χ0) is 9.42. The third-order valence-electron chi connectivity index (χ3n) is 1.72. The predicted molar refractivity (Wildman–Crippen MR) is 57.9 cm³/mol. The SMILES string of the molecule is O=c1ccoc2ccc(Br)c(Br)c12. The van der Waals surface area contributed by atoms with Gasteiger partial charge >= 0.3 is 0 Å². The van der Waals surface area contributed by atoms with Crippen molar-refractivity contribution in [3.8, 4) is 0 Å². The lowest BCUT2D eigenvalue weighted by molar-refractivity contribution is 0.602. The summed E-state index contributed by atoms with van der Waals surface area (Å²) in [5, 5.41) is 0.567. The number of halogens is 2. The summed E-state index contributed by atoms with van der Waals surface area (Å²) in [6.07, 6.45) is 1.39. The highest BCUT2D eigenvalue weighted by Gasteiger charge is 2.06. The number of rotatable bonds is 0. The lowest BCUT2D eigenvalue weighted by atomic mass is 10.2. The molecule has 0 fully saturated rings. The van der Waals surface area contributed by atoms with Gasteiger partial charge in [-0.15, -0.1) is 0 Å². The van der Waals surface area contributed by atoms with Crippen LogP contribution < -0.4 is 5.43 Å². The van der Waals surface area contributed by atoms with Crippen molar-refractivity contribution in [2.24, 2.45) is 0 Å². The van der Waals surface area contributed by atoms with E-state index in [-0.39, 0.29) is 5.43 Å². The summed E-state index contributed by atoms with van der Waals surface area (Å²) in [4.78, 5) is 11.4. The molecular formula is C9H4Br2O2. The van der Waals surface area contributed by atoms with E-state index in [0.717, 1.165) is 8.95 Å². The Morgan fingerprint density at radius 3 is 2.69 bits per heavy atom. The smallest absolute Gasteiger partial charge is 0.193 e. The van der Waals surface area contributed by atoms with Crippen LogP contribution in [0.3, 0.4) is 0 Å². The first kappa shape index (κ1) is 8.97. The van der Waals surface area contributed by atoms with Crippen LogP contribution in [0.4, 0.5) is 0 Å². The molecule has 1 heterocycles. The van der Waals surface area contributed by atoms with Crippen LogP contribution in [-0.4, -0.2) is 0 Å². The fraction of sp³-hybridized carbons (Fsp3) is 0. The third-order valence-corrected chi connectivity index (χ3v) is 3.73. The van der Waals surface area contributed by atoms with Crippen LogP contribution in [0, 0.1) is 0 Å². The molecule has 2 nitrogen and oxygen atoms in total. The van der Waals surface area contributed by atoms with E-state index in [2.05, 4.69) is 31.9 Å². The zero-order valence-corrected chi connectivity index (χ0v) is 9.55. The lowest BCUT2D eigenvalue weighted by Crippen LogP contribution is -1.98. The first-order valence-corrected chi connectivity index (χ1v) is 5.14. The van der Waals surface area contributed by atoms with E-state index in [4.69, 9.17) is 4.42 Å². The second-order valence-electron chi connectivity index (χ2n) is 2.52. The molecule has 4 heteroatoms. The Hall–Kier alpha value is -0.610. The molecule has 0 aliphatic rings. The second-order valence-corrected chi connectivity index (χ2v) is 4.17. The third kappa shape index (κ3) is 1.44. The minimum absolute atomic E-state index is 0.0468. The van der Waals surface area contributed by atoms with E-state index in [1.807, 2.05) is 6.07 Å². The zero-order valence-electron chi connectivity index (χ0n) is 6.38. The van der Waals surface area contributed by atoms with Gasteiger partial charge in [0, 0.05) is 15.0 Å². The number of benzene rings is 1. The molecule has 0 radical (unpaired) electrons. The Morgan fingerprint density at radius 2 is 1.92 bits per heavy atom. The van der Waals surface area contributed by atoms with Gasteiger partial charge in [-0.05, 0) is 44.0 Å². The first-order chi connectivity index (χ1) is 6.20. The van der Waals surface area contributed by atoms with Gasteiger partial charge in [-0.25, -0.2) is 0 Å². The average Bonchev–Trinajstić information content (AvgIpc) is 2.12. The first-order valence-electron chi connectivity index (χ1n) is 3.55. The standard InChI is InChI=1S/C9H4Br2O2/c10-5-1-2-7-8(9(5)11)6(12)3-4-13-7/h1-4H. The van der Waals surface area contributed by atoms with Crippen molar-refractivity contribution in [3.05, 3.63) is 43.6 Å². The minimum Gasteiger partial charge on any atom is -0.464 e. The van der Waals surface area contributed by atoms with Gasteiger partial charge in [0.15, 0.2) is 5.43 Å². The molecule has 0 unspecified atom stereocenters. The van der Waals surface area contributed by atoms with E-state index < -0.39 is 0 Å². The minimum atomic E-state index is -0.0468. The molecule has 0 saturated carbocycles. The maximum absolute atomic E-state index is 11.4. The summed E-state index contributed by atoms with van der Waals surface area (Å²) in [6, 6.07) is 4.99. The number of hydrogen-bond acceptors (Lipinski definition) is 2. The Kier molecular flexibility index (Phi) is 2.26. The van der Waals surface area contributed by atoms with Crippen molar-refractivity contribution < 1.29 is 4.42 Å². The summed E-state index contributed by atoms with van der Waals surface area (Å²) < 4.78 is 6.76. The van der Waals surface area contributed by atoms with Gasteiger partial charge in [0.05, 0.1) is 11.6 Å². The van der Waals surface area contributed by atoms with Gasteiger partial charge in [0.1, 0.15) is 5.58 Å². The van der Waals surface area contributed by atoms with E-state index in [1.165, 1.54) is 12.3 Å². The molecule has 66 valence electrons. The summed E-state index contributed by atoms with van der Waals surface area (Å²) >= 11 is 6.65. The second kappa shape index (κ2) is 3.27. The molecule has 0 N–H and O–H groups in total. The van der Waals surface area contributed by atoms with Crippen molar-refractivity contribution in [1.82, 2.24) is 0 Å². The highest BCUT2D eigenvalue weighted by molar-refractivity contribution is 9.13. The summed E-state index contributed by atoms with van der Waals surface area (Å²) in [5.74, 6) is 0. The summed E-state index contributed by atoms with van der Waals surface area (Å²) in [6.45, 7) is 0. The molecule has 0 aliphatic carbocycles. The van der Waals surface area contributed by atoms with Crippen LogP contribution in [0.1, 0.15) is 0 Å². The van der Waals surface area contributed by atoms with Crippen molar-refractivity contribution in [2.45, 2.75) is 0 Å². The lowest BCUT2D eigenvalue weighted by Gasteiger charge is -1.99. The van der Waals surface area contributed by atoms with E-state index in [9.17, 15) is 4.79 Å². The molecule has 13 heavy (non-hydrogen) atoms. The Balaban J connectivity index is 3.06. The number of fused-ring (bicyclic) bond motifs is 1. The quantitative estimate of drug-likeness (QED) is 0.747. The predicted octanol–water partition coefficient (Wildman–Crippen LogP) is 3.32. The summed E-state index contributed by atoms with van der Waals surface area (Å²) in [5.41, 5.74) is 0.539. The van der Waals surface area contributed by atoms with Crippen molar-refractivity contribution in [2.75, 3.05) is 0 Å². The maximum atomic E-state index is 11.4. The highest BCUT2D eigenvalue weighted by atomic mass is 79.9. The van der Waals surface area contributed by atoms with Gasteiger partial charge in [-0.1, -0.05) is 0 Å². The van der Waals surface area contributed by atoms with Crippen molar-refractivity contribution in [1.29, 1.82) is 0 Å².